The summed E-state index contributed by atoms with van der Waals surface area (Å²) in [5.41, 5.74) is 0.894. The number of benzene rings is 2. The van der Waals surface area contributed by atoms with Crippen LogP contribution in [0.3, 0.4) is 0 Å². The highest BCUT2D eigenvalue weighted by Gasteiger charge is 2.15. The molecule has 4 nitrogen and oxygen atoms in total. The summed E-state index contributed by atoms with van der Waals surface area (Å²) in [6.07, 6.45) is 0.342. The predicted molar refractivity (Wildman–Crippen MR) is 104 cm³/mol. The van der Waals surface area contributed by atoms with Gasteiger partial charge < -0.3 is 10.6 Å². The van der Waals surface area contributed by atoms with E-state index in [2.05, 4.69) is 10.6 Å². The Bertz CT molecular complexity index is 753. The lowest BCUT2D eigenvalue weighted by molar-refractivity contribution is -0.115. The maximum Gasteiger partial charge on any atom is 0.251 e. The number of hydrogen-bond acceptors (Lipinski definition) is 3. The minimum absolute atomic E-state index is 0.105. The number of nitrogens with one attached hydrogen (secondary N) is 2. The van der Waals surface area contributed by atoms with Crippen molar-refractivity contribution in [3.8, 4) is 0 Å². The van der Waals surface area contributed by atoms with Crippen LogP contribution in [0.5, 0.6) is 0 Å². The van der Waals surface area contributed by atoms with Crippen molar-refractivity contribution in [2.24, 2.45) is 0 Å². The highest BCUT2D eigenvalue weighted by molar-refractivity contribution is 7.99. The van der Waals surface area contributed by atoms with E-state index < -0.39 is 0 Å². The van der Waals surface area contributed by atoms with E-state index in [0.717, 1.165) is 4.90 Å². The predicted octanol–water partition coefficient (Wildman–Crippen LogP) is 4.47. The van der Waals surface area contributed by atoms with Gasteiger partial charge in [-0.2, -0.15) is 0 Å². The fourth-order valence-corrected chi connectivity index (χ4v) is 2.99. The Labute approximate surface area is 157 Å². The second-order valence-corrected chi connectivity index (χ2v) is 8.05. The number of anilines is 1. The number of carbonyl (C=O) groups excluding carboxylic acids is 2. The van der Waals surface area contributed by atoms with Crippen molar-refractivity contribution in [1.82, 2.24) is 5.32 Å². The summed E-state index contributed by atoms with van der Waals surface area (Å²) in [5.74, 6) is 0.0769. The highest BCUT2D eigenvalue weighted by atomic mass is 32.2. The van der Waals surface area contributed by atoms with Crippen LogP contribution in [0.25, 0.3) is 0 Å². The molecular formula is C20H23FN2O2S. The van der Waals surface area contributed by atoms with E-state index in [-0.39, 0.29) is 23.2 Å². The summed E-state index contributed by atoms with van der Waals surface area (Å²) < 4.78 is 12.8. The van der Waals surface area contributed by atoms with Gasteiger partial charge in [-0.3, -0.25) is 9.59 Å². The van der Waals surface area contributed by atoms with E-state index in [9.17, 15) is 14.0 Å². The molecule has 0 unspecified atom stereocenters. The summed E-state index contributed by atoms with van der Waals surface area (Å²) in [4.78, 5) is 25.0. The van der Waals surface area contributed by atoms with Gasteiger partial charge >= 0.3 is 0 Å². The molecule has 0 heterocycles. The Balaban J connectivity index is 1.79. The van der Waals surface area contributed by atoms with Crippen molar-refractivity contribution >= 4 is 29.3 Å². The van der Waals surface area contributed by atoms with Crippen LogP contribution >= 0.6 is 11.8 Å². The topological polar surface area (TPSA) is 58.2 Å². The van der Waals surface area contributed by atoms with Gasteiger partial charge in [-0.05, 0) is 69.3 Å². The van der Waals surface area contributed by atoms with Crippen LogP contribution in [0.1, 0.15) is 37.6 Å². The first-order chi connectivity index (χ1) is 12.2. The van der Waals surface area contributed by atoms with Gasteiger partial charge in [-0.15, -0.1) is 11.8 Å². The third kappa shape index (κ3) is 6.88. The normalized spacial score (nSPS) is 11.1. The van der Waals surface area contributed by atoms with Crippen LogP contribution < -0.4 is 10.6 Å². The quantitative estimate of drug-likeness (QED) is 0.733. The molecule has 2 rings (SSSR count). The van der Waals surface area contributed by atoms with Crippen molar-refractivity contribution < 1.29 is 14.0 Å². The molecule has 0 radical (unpaired) electrons. The Morgan fingerprint density at radius 2 is 1.62 bits per heavy atom. The molecular weight excluding hydrogens is 351 g/mol. The zero-order chi connectivity index (χ0) is 19.2. The van der Waals surface area contributed by atoms with E-state index in [4.69, 9.17) is 0 Å². The van der Waals surface area contributed by atoms with Gasteiger partial charge in [0.1, 0.15) is 5.82 Å². The standard InChI is InChI=1S/C20H23FN2O2S/c1-20(2,3)23-19(25)14-4-8-16(9-5-14)22-18(24)12-13-26-17-10-6-15(21)7-11-17/h4-11H,12-13H2,1-3H3,(H,22,24)(H,23,25). The van der Waals surface area contributed by atoms with Gasteiger partial charge in [-0.1, -0.05) is 0 Å². The largest absolute Gasteiger partial charge is 0.347 e. The molecule has 0 saturated carbocycles. The number of amides is 2. The van der Waals surface area contributed by atoms with Crippen LogP contribution in [0.4, 0.5) is 10.1 Å². The molecule has 0 fully saturated rings. The van der Waals surface area contributed by atoms with Gasteiger partial charge in [0.15, 0.2) is 0 Å². The zero-order valence-corrected chi connectivity index (χ0v) is 16.0. The molecule has 26 heavy (non-hydrogen) atoms. The first-order valence-electron chi connectivity index (χ1n) is 8.34. The molecule has 0 bridgehead atoms. The van der Waals surface area contributed by atoms with Crippen molar-refractivity contribution in [3.63, 3.8) is 0 Å². The molecule has 2 aromatic carbocycles. The van der Waals surface area contributed by atoms with Gasteiger partial charge in [0.05, 0.1) is 0 Å². The lowest BCUT2D eigenvalue weighted by Gasteiger charge is -2.20. The van der Waals surface area contributed by atoms with E-state index in [1.165, 1.54) is 23.9 Å². The third-order valence-corrected chi connectivity index (χ3v) is 4.34. The lowest BCUT2D eigenvalue weighted by Crippen LogP contribution is -2.40. The molecule has 0 spiro atoms. The maximum absolute atomic E-state index is 12.8. The van der Waals surface area contributed by atoms with E-state index in [1.54, 1.807) is 36.4 Å². The fraction of sp³-hybridized carbons (Fsp3) is 0.300. The third-order valence-electron chi connectivity index (χ3n) is 3.33. The van der Waals surface area contributed by atoms with Crippen LogP contribution in [0, 0.1) is 5.82 Å². The SMILES string of the molecule is CC(C)(C)NC(=O)c1ccc(NC(=O)CCSc2ccc(F)cc2)cc1. The van der Waals surface area contributed by atoms with E-state index in [1.807, 2.05) is 20.8 Å². The second-order valence-electron chi connectivity index (χ2n) is 6.88. The van der Waals surface area contributed by atoms with Gasteiger partial charge in [-0.25, -0.2) is 4.39 Å². The first kappa shape index (κ1) is 20.0. The van der Waals surface area contributed by atoms with Gasteiger partial charge in [0, 0.05) is 33.9 Å². The van der Waals surface area contributed by atoms with Crippen LogP contribution in [0.15, 0.2) is 53.4 Å². The summed E-state index contributed by atoms with van der Waals surface area (Å²) in [6, 6.07) is 13.0. The number of rotatable bonds is 6. The van der Waals surface area contributed by atoms with Gasteiger partial charge in [0.25, 0.3) is 5.91 Å². The van der Waals surface area contributed by atoms with Crippen LogP contribution in [0.2, 0.25) is 0 Å². The first-order valence-corrected chi connectivity index (χ1v) is 9.32. The van der Waals surface area contributed by atoms with Crippen molar-refractivity contribution in [3.05, 3.63) is 59.9 Å². The van der Waals surface area contributed by atoms with E-state index >= 15 is 0 Å². The average molecular weight is 374 g/mol. The molecule has 2 aromatic rings. The molecule has 0 aliphatic carbocycles. The Kier molecular flexibility index (Phi) is 6.80. The monoisotopic (exact) mass is 374 g/mol. The molecule has 2 amide bonds. The highest BCUT2D eigenvalue weighted by Crippen LogP contribution is 2.19. The molecule has 6 heteroatoms. The summed E-state index contributed by atoms with van der Waals surface area (Å²) in [5, 5.41) is 5.70. The maximum atomic E-state index is 12.8. The summed E-state index contributed by atoms with van der Waals surface area (Å²) in [7, 11) is 0. The van der Waals surface area contributed by atoms with E-state index in [0.29, 0.717) is 23.4 Å². The average Bonchev–Trinajstić information content (AvgIpc) is 2.56. The molecule has 138 valence electrons. The van der Waals surface area contributed by atoms with Crippen molar-refractivity contribution in [2.45, 2.75) is 37.6 Å². The Morgan fingerprint density at radius 1 is 1.00 bits per heavy atom. The molecule has 0 aliphatic rings. The summed E-state index contributed by atoms with van der Waals surface area (Å²) >= 11 is 1.50. The Morgan fingerprint density at radius 3 is 2.19 bits per heavy atom. The van der Waals surface area contributed by atoms with Crippen LogP contribution in [-0.2, 0) is 4.79 Å². The van der Waals surface area contributed by atoms with Crippen molar-refractivity contribution in [2.75, 3.05) is 11.1 Å². The minimum atomic E-state index is -0.299. The Hall–Kier alpha value is -2.34. The molecule has 0 aromatic heterocycles. The number of carbonyl (C=O) groups is 2. The minimum Gasteiger partial charge on any atom is -0.347 e. The molecule has 0 aliphatic heterocycles. The van der Waals surface area contributed by atoms with Gasteiger partial charge in [0.2, 0.25) is 5.91 Å². The number of thioether (sulfide) groups is 1. The summed E-state index contributed by atoms with van der Waals surface area (Å²) in [6.45, 7) is 5.76. The lowest BCUT2D eigenvalue weighted by atomic mass is 10.1. The van der Waals surface area contributed by atoms with Crippen LogP contribution in [-0.4, -0.2) is 23.1 Å². The molecule has 2 N–H and O–H groups in total. The van der Waals surface area contributed by atoms with Crippen molar-refractivity contribution in [1.29, 1.82) is 0 Å². The fourth-order valence-electron chi connectivity index (χ4n) is 2.13. The number of hydrogen-bond donors (Lipinski definition) is 2. The second kappa shape index (κ2) is 8.85. The zero-order valence-electron chi connectivity index (χ0n) is 15.1. The molecule has 0 atom stereocenters. The molecule has 0 saturated heterocycles. The number of halogens is 1. The smallest absolute Gasteiger partial charge is 0.251 e.